The van der Waals surface area contributed by atoms with Gasteiger partial charge in [0, 0.05) is 5.41 Å². The Morgan fingerprint density at radius 1 is 1.54 bits per heavy atom. The first-order chi connectivity index (χ1) is 5.91. The van der Waals surface area contributed by atoms with Crippen LogP contribution >= 0.6 is 0 Å². The summed E-state index contributed by atoms with van der Waals surface area (Å²) < 4.78 is 13.4. The normalized spacial score (nSPS) is 41.2. The molecule has 2 aliphatic rings. The highest BCUT2D eigenvalue weighted by Crippen LogP contribution is 2.67. The average molecular weight is 180 g/mol. The number of hydrogen-bond acceptors (Lipinski definition) is 0. The molecule has 0 N–H and O–H groups in total. The van der Waals surface area contributed by atoms with Crippen LogP contribution in [-0.4, -0.2) is 0 Å². The molecule has 0 aromatic carbocycles. The van der Waals surface area contributed by atoms with Crippen LogP contribution in [-0.2, 0) is 0 Å². The lowest BCUT2D eigenvalue weighted by atomic mass is 9.68. The lowest BCUT2D eigenvalue weighted by molar-refractivity contribution is 0.269. The molecule has 2 bridgehead atoms. The summed E-state index contributed by atoms with van der Waals surface area (Å²) in [6.07, 6.45) is 3.00. The highest BCUT2D eigenvalue weighted by molar-refractivity contribution is 5.36. The fraction of sp³-hybridized carbons (Fsp3) is 0.667. The van der Waals surface area contributed by atoms with Gasteiger partial charge < -0.3 is 0 Å². The van der Waals surface area contributed by atoms with Crippen LogP contribution in [0.2, 0.25) is 0 Å². The van der Waals surface area contributed by atoms with Gasteiger partial charge in [0.1, 0.15) is 5.83 Å². The molecule has 0 radical (unpaired) electrons. The van der Waals surface area contributed by atoms with E-state index in [2.05, 4.69) is 27.0 Å². The first-order valence-electron chi connectivity index (χ1n) is 4.96. The Balaban J connectivity index is 2.46. The molecular formula is C12H17F. The van der Waals surface area contributed by atoms with E-state index in [9.17, 15) is 4.39 Å². The Bertz CT molecular complexity index is 287. The zero-order valence-corrected chi connectivity index (χ0v) is 8.49. The third kappa shape index (κ3) is 0.853. The summed E-state index contributed by atoms with van der Waals surface area (Å²) in [6, 6.07) is 0. The van der Waals surface area contributed by atoms with Crippen molar-refractivity contribution < 1.29 is 4.39 Å². The van der Waals surface area contributed by atoms with Gasteiger partial charge in [0.05, 0.1) is 0 Å². The van der Waals surface area contributed by atoms with Gasteiger partial charge in [-0.2, -0.15) is 0 Å². The third-order valence-electron chi connectivity index (χ3n) is 4.41. The van der Waals surface area contributed by atoms with Crippen LogP contribution < -0.4 is 0 Å². The number of allylic oxidation sites excluding steroid dienone is 2. The highest BCUT2D eigenvalue weighted by Gasteiger charge is 2.58. The molecule has 0 aromatic rings. The predicted molar refractivity (Wildman–Crippen MR) is 52.9 cm³/mol. The summed E-state index contributed by atoms with van der Waals surface area (Å²) in [5.41, 5.74) is 0.838. The Hall–Kier alpha value is -0.590. The molecule has 2 unspecified atom stereocenters. The van der Waals surface area contributed by atoms with E-state index in [1.807, 2.05) is 0 Å². The Morgan fingerprint density at radius 3 is 2.46 bits per heavy atom. The molecule has 2 saturated carbocycles. The van der Waals surface area contributed by atoms with Gasteiger partial charge in [0.2, 0.25) is 0 Å². The highest BCUT2D eigenvalue weighted by atomic mass is 19.1. The molecule has 0 saturated heterocycles. The Labute approximate surface area is 79.5 Å². The second-order valence-electron chi connectivity index (χ2n) is 5.13. The van der Waals surface area contributed by atoms with Crippen LogP contribution in [0.4, 0.5) is 4.39 Å². The molecule has 0 aromatic heterocycles. The van der Waals surface area contributed by atoms with Crippen molar-refractivity contribution in [1.82, 2.24) is 0 Å². The predicted octanol–water partition coefficient (Wildman–Crippen LogP) is 3.85. The van der Waals surface area contributed by atoms with E-state index in [0.29, 0.717) is 5.92 Å². The molecule has 0 aliphatic heterocycles. The van der Waals surface area contributed by atoms with E-state index in [1.165, 1.54) is 0 Å². The van der Waals surface area contributed by atoms with Crippen molar-refractivity contribution in [3.8, 4) is 0 Å². The first-order valence-corrected chi connectivity index (χ1v) is 4.96. The van der Waals surface area contributed by atoms with Crippen LogP contribution in [0.1, 0.15) is 33.1 Å². The number of halogens is 1. The summed E-state index contributed by atoms with van der Waals surface area (Å²) in [5.74, 6) is 0.457. The second-order valence-corrected chi connectivity index (χ2v) is 5.13. The molecule has 0 spiro atoms. The fourth-order valence-electron chi connectivity index (χ4n) is 3.21. The average Bonchev–Trinajstić information content (AvgIpc) is 2.53. The molecule has 1 heteroatoms. The van der Waals surface area contributed by atoms with Gasteiger partial charge in [-0.25, -0.2) is 4.39 Å². The van der Waals surface area contributed by atoms with E-state index in [4.69, 9.17) is 0 Å². The van der Waals surface area contributed by atoms with E-state index in [1.54, 1.807) is 0 Å². The van der Waals surface area contributed by atoms with Gasteiger partial charge in [-0.1, -0.05) is 32.6 Å². The maximum Gasteiger partial charge on any atom is 0.103 e. The zero-order valence-electron chi connectivity index (χ0n) is 8.49. The smallest absolute Gasteiger partial charge is 0.103 e. The van der Waals surface area contributed by atoms with E-state index < -0.39 is 0 Å². The van der Waals surface area contributed by atoms with Crippen molar-refractivity contribution in [3.63, 3.8) is 0 Å². The van der Waals surface area contributed by atoms with Gasteiger partial charge in [-0.05, 0) is 30.6 Å². The Kier molecular flexibility index (Phi) is 1.56. The van der Waals surface area contributed by atoms with Crippen molar-refractivity contribution in [1.29, 1.82) is 0 Å². The molecule has 2 aliphatic carbocycles. The van der Waals surface area contributed by atoms with Gasteiger partial charge in [-0.15, -0.1) is 0 Å². The summed E-state index contributed by atoms with van der Waals surface area (Å²) in [4.78, 5) is 0. The van der Waals surface area contributed by atoms with Crippen LogP contribution in [0.5, 0.6) is 0 Å². The molecule has 13 heavy (non-hydrogen) atoms. The molecule has 0 amide bonds. The SMILES string of the molecule is C=C(F)C12CCC(C1)C(C)(C)C2=C. The molecular weight excluding hydrogens is 163 g/mol. The van der Waals surface area contributed by atoms with Crippen LogP contribution in [0.25, 0.3) is 0 Å². The first kappa shape index (κ1) is 8.98. The Morgan fingerprint density at radius 2 is 2.15 bits per heavy atom. The van der Waals surface area contributed by atoms with Crippen molar-refractivity contribution in [2.24, 2.45) is 16.7 Å². The largest absolute Gasteiger partial charge is 0.211 e. The standard InChI is InChI=1S/C12H17F/c1-8-11(3,4)10-5-6-12(8,7-10)9(2)13/h10H,1-2,5-7H2,3-4H3. The number of fused-ring (bicyclic) bond motifs is 2. The van der Waals surface area contributed by atoms with Gasteiger partial charge in [-0.3, -0.25) is 0 Å². The van der Waals surface area contributed by atoms with E-state index >= 15 is 0 Å². The van der Waals surface area contributed by atoms with Crippen LogP contribution in [0.3, 0.4) is 0 Å². The van der Waals surface area contributed by atoms with Crippen molar-refractivity contribution in [3.05, 3.63) is 24.6 Å². The van der Waals surface area contributed by atoms with Crippen molar-refractivity contribution in [2.75, 3.05) is 0 Å². The van der Waals surface area contributed by atoms with Crippen LogP contribution in [0, 0.1) is 16.7 Å². The second kappa shape index (κ2) is 2.26. The number of hydrogen-bond donors (Lipinski definition) is 0. The maximum atomic E-state index is 13.4. The van der Waals surface area contributed by atoms with Crippen LogP contribution in [0.15, 0.2) is 24.6 Å². The molecule has 2 rings (SSSR count). The number of rotatable bonds is 1. The minimum Gasteiger partial charge on any atom is -0.211 e. The van der Waals surface area contributed by atoms with Gasteiger partial charge >= 0.3 is 0 Å². The minimum absolute atomic E-state index is 0.118. The fourth-order valence-corrected chi connectivity index (χ4v) is 3.21. The minimum atomic E-state index is -0.353. The van der Waals surface area contributed by atoms with Gasteiger partial charge in [0.25, 0.3) is 0 Å². The molecule has 2 fully saturated rings. The lowest BCUT2D eigenvalue weighted by Crippen LogP contribution is -2.27. The molecule has 0 nitrogen and oxygen atoms in total. The van der Waals surface area contributed by atoms with E-state index in [0.717, 1.165) is 24.8 Å². The maximum absolute atomic E-state index is 13.4. The van der Waals surface area contributed by atoms with E-state index in [-0.39, 0.29) is 16.7 Å². The van der Waals surface area contributed by atoms with Crippen molar-refractivity contribution >= 4 is 0 Å². The lowest BCUT2D eigenvalue weighted by Gasteiger charge is -2.37. The summed E-state index contributed by atoms with van der Waals surface area (Å²) in [5, 5.41) is 0. The molecule has 2 atom stereocenters. The summed E-state index contributed by atoms with van der Waals surface area (Å²) in [7, 11) is 0. The summed E-state index contributed by atoms with van der Waals surface area (Å²) >= 11 is 0. The molecule has 0 heterocycles. The van der Waals surface area contributed by atoms with Gasteiger partial charge in [0.15, 0.2) is 0 Å². The molecule has 72 valence electrons. The monoisotopic (exact) mass is 180 g/mol. The van der Waals surface area contributed by atoms with Crippen molar-refractivity contribution in [2.45, 2.75) is 33.1 Å². The quantitative estimate of drug-likeness (QED) is 0.538. The topological polar surface area (TPSA) is 0 Å². The zero-order chi connectivity index (χ0) is 9.85. The summed E-state index contributed by atoms with van der Waals surface area (Å²) in [6.45, 7) is 11.9. The third-order valence-corrected chi connectivity index (χ3v) is 4.41.